The van der Waals surface area contributed by atoms with Gasteiger partial charge in [0.15, 0.2) is 6.10 Å². The SMILES string of the molecule is Cn1nccc1C(=O)N1CCOC(C(=O)O)C1. The highest BCUT2D eigenvalue weighted by Gasteiger charge is 2.30. The van der Waals surface area contributed by atoms with Crippen LogP contribution >= 0.6 is 0 Å². The Balaban J connectivity index is 2.10. The number of hydrogen-bond acceptors (Lipinski definition) is 4. The molecule has 17 heavy (non-hydrogen) atoms. The van der Waals surface area contributed by atoms with Gasteiger partial charge in [0.1, 0.15) is 5.69 Å². The number of amides is 1. The van der Waals surface area contributed by atoms with Gasteiger partial charge in [-0.25, -0.2) is 4.79 Å². The normalized spacial score (nSPS) is 20.3. The lowest BCUT2D eigenvalue weighted by atomic mass is 10.2. The summed E-state index contributed by atoms with van der Waals surface area (Å²) < 4.78 is 6.52. The number of carbonyl (C=O) groups is 2. The van der Waals surface area contributed by atoms with Gasteiger partial charge in [0.2, 0.25) is 0 Å². The van der Waals surface area contributed by atoms with E-state index in [2.05, 4.69) is 5.10 Å². The first kappa shape index (κ1) is 11.6. The van der Waals surface area contributed by atoms with Crippen LogP contribution in [0.4, 0.5) is 0 Å². The molecule has 1 aromatic heterocycles. The molecule has 92 valence electrons. The fourth-order valence-electron chi connectivity index (χ4n) is 1.73. The number of carboxylic acid groups (broad SMARTS) is 1. The monoisotopic (exact) mass is 239 g/mol. The Kier molecular flexibility index (Phi) is 3.10. The van der Waals surface area contributed by atoms with Crippen LogP contribution in [0.15, 0.2) is 12.3 Å². The van der Waals surface area contributed by atoms with E-state index in [1.54, 1.807) is 13.1 Å². The molecule has 1 amide bonds. The Bertz CT molecular complexity index is 443. The molecule has 1 saturated heterocycles. The summed E-state index contributed by atoms with van der Waals surface area (Å²) in [4.78, 5) is 24.3. The van der Waals surface area contributed by atoms with Gasteiger partial charge < -0.3 is 14.7 Å². The van der Waals surface area contributed by atoms with Crippen molar-refractivity contribution in [2.45, 2.75) is 6.10 Å². The molecular weight excluding hydrogens is 226 g/mol. The predicted octanol–water partition coefficient (Wildman–Crippen LogP) is -0.654. The minimum Gasteiger partial charge on any atom is -0.479 e. The second-order valence-electron chi connectivity index (χ2n) is 3.79. The van der Waals surface area contributed by atoms with Crippen LogP contribution < -0.4 is 0 Å². The van der Waals surface area contributed by atoms with Crippen molar-refractivity contribution < 1.29 is 19.4 Å². The molecule has 1 N–H and O–H groups in total. The molecule has 1 aliphatic heterocycles. The van der Waals surface area contributed by atoms with E-state index in [0.717, 1.165) is 0 Å². The third-order valence-corrected chi connectivity index (χ3v) is 2.67. The van der Waals surface area contributed by atoms with Gasteiger partial charge in [0.05, 0.1) is 13.2 Å². The highest BCUT2D eigenvalue weighted by molar-refractivity contribution is 5.93. The van der Waals surface area contributed by atoms with E-state index in [1.807, 2.05) is 0 Å². The van der Waals surface area contributed by atoms with Crippen LogP contribution in [0, 0.1) is 0 Å². The molecule has 0 saturated carbocycles. The van der Waals surface area contributed by atoms with Crippen molar-refractivity contribution in [1.82, 2.24) is 14.7 Å². The lowest BCUT2D eigenvalue weighted by Gasteiger charge is -2.30. The first-order valence-electron chi connectivity index (χ1n) is 5.21. The molecule has 2 rings (SSSR count). The molecule has 1 aliphatic rings. The third-order valence-electron chi connectivity index (χ3n) is 2.67. The molecule has 0 radical (unpaired) electrons. The molecule has 7 nitrogen and oxygen atoms in total. The van der Waals surface area contributed by atoms with Crippen LogP contribution in [0.5, 0.6) is 0 Å². The molecule has 0 aromatic carbocycles. The maximum Gasteiger partial charge on any atom is 0.334 e. The van der Waals surface area contributed by atoms with Gasteiger partial charge in [-0.15, -0.1) is 0 Å². The molecule has 1 atom stereocenters. The Morgan fingerprint density at radius 3 is 2.94 bits per heavy atom. The van der Waals surface area contributed by atoms with Crippen molar-refractivity contribution in [3.63, 3.8) is 0 Å². The number of aliphatic carboxylic acids is 1. The summed E-state index contributed by atoms with van der Waals surface area (Å²) in [5, 5.41) is 12.8. The minimum atomic E-state index is -1.05. The number of hydrogen-bond donors (Lipinski definition) is 1. The highest BCUT2D eigenvalue weighted by Crippen LogP contribution is 2.10. The van der Waals surface area contributed by atoms with Gasteiger partial charge >= 0.3 is 5.97 Å². The van der Waals surface area contributed by atoms with Crippen molar-refractivity contribution in [3.05, 3.63) is 18.0 Å². The fraction of sp³-hybridized carbons (Fsp3) is 0.500. The Morgan fingerprint density at radius 2 is 2.35 bits per heavy atom. The molecular formula is C10H13N3O4. The number of nitrogens with zero attached hydrogens (tertiary/aromatic N) is 3. The van der Waals surface area contributed by atoms with E-state index >= 15 is 0 Å². The van der Waals surface area contributed by atoms with E-state index in [9.17, 15) is 9.59 Å². The van der Waals surface area contributed by atoms with Crippen molar-refractivity contribution in [2.75, 3.05) is 19.7 Å². The maximum atomic E-state index is 12.1. The number of aromatic nitrogens is 2. The number of carboxylic acids is 1. The largest absolute Gasteiger partial charge is 0.479 e. The second-order valence-corrected chi connectivity index (χ2v) is 3.79. The van der Waals surface area contributed by atoms with E-state index in [1.165, 1.54) is 15.8 Å². The van der Waals surface area contributed by atoms with Crippen LogP contribution in [0.2, 0.25) is 0 Å². The zero-order valence-corrected chi connectivity index (χ0v) is 9.37. The van der Waals surface area contributed by atoms with Crippen molar-refractivity contribution in [3.8, 4) is 0 Å². The molecule has 1 unspecified atom stereocenters. The lowest BCUT2D eigenvalue weighted by molar-refractivity contribution is -0.154. The van der Waals surface area contributed by atoms with Gasteiger partial charge in [-0.3, -0.25) is 9.48 Å². The van der Waals surface area contributed by atoms with Crippen LogP contribution in [0.25, 0.3) is 0 Å². The number of aryl methyl sites for hydroxylation is 1. The average Bonchev–Trinajstić information content (AvgIpc) is 2.74. The van der Waals surface area contributed by atoms with E-state index in [0.29, 0.717) is 12.2 Å². The molecule has 7 heteroatoms. The Hall–Kier alpha value is -1.89. The number of morpholine rings is 1. The van der Waals surface area contributed by atoms with Crippen molar-refractivity contribution in [1.29, 1.82) is 0 Å². The minimum absolute atomic E-state index is 0.0688. The summed E-state index contributed by atoms with van der Waals surface area (Å²) in [5.74, 6) is -1.27. The first-order chi connectivity index (χ1) is 8.09. The zero-order chi connectivity index (χ0) is 12.4. The second kappa shape index (κ2) is 4.54. The van der Waals surface area contributed by atoms with Crippen LogP contribution in [0.1, 0.15) is 10.5 Å². The topological polar surface area (TPSA) is 84.7 Å². The summed E-state index contributed by atoms with van der Waals surface area (Å²) in [6.07, 6.45) is 0.587. The summed E-state index contributed by atoms with van der Waals surface area (Å²) in [6, 6.07) is 1.60. The van der Waals surface area contributed by atoms with Gasteiger partial charge in [-0.1, -0.05) is 0 Å². The number of carbonyl (C=O) groups excluding carboxylic acids is 1. The van der Waals surface area contributed by atoms with Gasteiger partial charge in [0, 0.05) is 19.8 Å². The van der Waals surface area contributed by atoms with E-state index in [4.69, 9.17) is 9.84 Å². The smallest absolute Gasteiger partial charge is 0.334 e. The summed E-state index contributed by atoms with van der Waals surface area (Å²) in [6.45, 7) is 0.702. The summed E-state index contributed by atoms with van der Waals surface area (Å²) >= 11 is 0. The molecule has 0 bridgehead atoms. The molecule has 0 aliphatic carbocycles. The third kappa shape index (κ3) is 2.28. The fourth-order valence-corrected chi connectivity index (χ4v) is 1.73. The number of ether oxygens (including phenoxy) is 1. The zero-order valence-electron chi connectivity index (χ0n) is 9.37. The quantitative estimate of drug-likeness (QED) is 0.741. The maximum absolute atomic E-state index is 12.1. The molecule has 1 fully saturated rings. The van der Waals surface area contributed by atoms with Gasteiger partial charge in [-0.05, 0) is 6.07 Å². The van der Waals surface area contributed by atoms with E-state index in [-0.39, 0.29) is 19.1 Å². The Labute approximate surface area is 97.6 Å². The average molecular weight is 239 g/mol. The molecule has 1 aromatic rings. The standard InChI is InChI=1S/C10H13N3O4/c1-12-7(2-3-11-12)9(14)13-4-5-17-8(6-13)10(15)16/h2-3,8H,4-6H2,1H3,(H,15,16). The van der Waals surface area contributed by atoms with Crippen LogP contribution in [-0.2, 0) is 16.6 Å². The predicted molar refractivity (Wildman–Crippen MR) is 56.5 cm³/mol. The van der Waals surface area contributed by atoms with Crippen molar-refractivity contribution in [2.24, 2.45) is 7.05 Å². The highest BCUT2D eigenvalue weighted by atomic mass is 16.5. The lowest BCUT2D eigenvalue weighted by Crippen LogP contribution is -2.48. The summed E-state index contributed by atoms with van der Waals surface area (Å²) in [5.41, 5.74) is 0.441. The first-order valence-corrected chi connectivity index (χ1v) is 5.21. The van der Waals surface area contributed by atoms with Gasteiger partial charge in [-0.2, -0.15) is 5.10 Å². The number of rotatable bonds is 2. The van der Waals surface area contributed by atoms with Crippen molar-refractivity contribution >= 4 is 11.9 Å². The van der Waals surface area contributed by atoms with Gasteiger partial charge in [0.25, 0.3) is 5.91 Å². The van der Waals surface area contributed by atoms with Crippen LogP contribution in [0.3, 0.4) is 0 Å². The molecule has 0 spiro atoms. The Morgan fingerprint density at radius 1 is 1.59 bits per heavy atom. The van der Waals surface area contributed by atoms with E-state index < -0.39 is 12.1 Å². The summed E-state index contributed by atoms with van der Waals surface area (Å²) in [7, 11) is 1.67. The van der Waals surface area contributed by atoms with Crippen LogP contribution in [-0.4, -0.2) is 57.5 Å². The molecule has 2 heterocycles.